The summed E-state index contributed by atoms with van der Waals surface area (Å²) in [7, 11) is 0. The number of ether oxygens (including phenoxy) is 3. The molecule has 2 aromatic carbocycles. The minimum atomic E-state index is -0.283. The molecule has 0 radical (unpaired) electrons. The zero-order chi connectivity index (χ0) is 46.3. The number of pyridine rings is 4. The maximum absolute atomic E-state index is 13.5. The third kappa shape index (κ3) is 9.18. The lowest BCUT2D eigenvalue weighted by atomic mass is 10.1. The number of amides is 2. The monoisotopic (exact) mass is 960 g/mol. The molecule has 1 N–H and O–H groups in total. The number of morpholine rings is 2. The fraction of sp³-hybridized carbons (Fsp3) is 0.423. The van der Waals surface area contributed by atoms with Gasteiger partial charge < -0.3 is 38.3 Å². The summed E-state index contributed by atoms with van der Waals surface area (Å²) >= 11 is 5.95. The molecule has 0 spiro atoms. The van der Waals surface area contributed by atoms with E-state index in [1.807, 2.05) is 57.0 Å². The van der Waals surface area contributed by atoms with Gasteiger partial charge in [0.25, 0.3) is 11.8 Å². The van der Waals surface area contributed by atoms with Crippen LogP contribution in [0.15, 0.2) is 95.0 Å². The van der Waals surface area contributed by atoms with E-state index >= 15 is 0 Å². The first kappa shape index (κ1) is 47.5. The number of carbonyl (C=O) groups excluding carboxylic acids is 2. The largest absolute Gasteiger partial charge is 0.474 e. The van der Waals surface area contributed by atoms with E-state index < -0.39 is 0 Å². The van der Waals surface area contributed by atoms with Crippen LogP contribution in [0.4, 0.5) is 0 Å². The number of aromatic nitrogens is 4. The number of rotatable bonds is 6. The first-order valence-corrected chi connectivity index (χ1v) is 24.0. The molecule has 4 atom stereocenters. The summed E-state index contributed by atoms with van der Waals surface area (Å²) in [6, 6.07) is 20.1. The number of carbonyl (C=O) groups is 2. The number of aliphatic hydroxyl groups is 1. The number of hydrogen-bond acceptors (Lipinski definition) is 10. The molecule has 4 aromatic heterocycles. The predicted octanol–water partition coefficient (Wildman–Crippen LogP) is 6.30. The molecule has 12 rings (SSSR count). The van der Waals surface area contributed by atoms with Gasteiger partial charge in [-0.2, -0.15) is 13.5 Å². The zero-order valence-electron chi connectivity index (χ0n) is 38.3. The fourth-order valence-corrected chi connectivity index (χ4v) is 11.1. The molecule has 4 fully saturated rings. The highest BCUT2D eigenvalue weighted by Gasteiger charge is 2.43. The summed E-state index contributed by atoms with van der Waals surface area (Å²) in [6.07, 6.45) is 13.5. The molecule has 6 aliphatic rings. The van der Waals surface area contributed by atoms with Crippen molar-refractivity contribution in [1.82, 2.24) is 28.9 Å². The van der Waals surface area contributed by atoms with Crippen LogP contribution in [0.5, 0.6) is 5.88 Å². The normalized spacial score (nSPS) is 21.4. The van der Waals surface area contributed by atoms with Crippen molar-refractivity contribution < 1.29 is 28.9 Å². The van der Waals surface area contributed by atoms with Crippen molar-refractivity contribution in [2.45, 2.75) is 115 Å². The molecule has 2 aliphatic carbocycles. The number of benzene rings is 2. The second kappa shape index (κ2) is 20.2. The highest BCUT2D eigenvalue weighted by atomic mass is 35.5. The van der Waals surface area contributed by atoms with Crippen molar-refractivity contribution in [3.63, 3.8) is 0 Å². The minimum Gasteiger partial charge on any atom is -0.474 e. The molecule has 14 nitrogen and oxygen atoms in total. The summed E-state index contributed by atoms with van der Waals surface area (Å²) in [6.45, 7) is 7.42. The second-order valence-corrected chi connectivity index (χ2v) is 18.8. The number of fused-ring (bicyclic) bond motifs is 8. The van der Waals surface area contributed by atoms with Gasteiger partial charge in [-0.15, -0.1) is 0 Å². The van der Waals surface area contributed by atoms with Crippen LogP contribution in [-0.4, -0.2) is 109 Å². The minimum absolute atomic E-state index is 0. The summed E-state index contributed by atoms with van der Waals surface area (Å²) in [5, 5.41) is 10.4. The van der Waals surface area contributed by atoms with Crippen LogP contribution in [0.2, 0.25) is 5.15 Å². The molecular formula is C52H57ClN6O8S. The summed E-state index contributed by atoms with van der Waals surface area (Å²) < 4.78 is 21.1. The molecule has 8 heterocycles. The van der Waals surface area contributed by atoms with Gasteiger partial charge in [-0.25, -0.2) is 9.97 Å². The van der Waals surface area contributed by atoms with Crippen molar-refractivity contribution in [1.29, 1.82) is 0 Å². The van der Waals surface area contributed by atoms with Gasteiger partial charge in [0, 0.05) is 44.4 Å². The van der Waals surface area contributed by atoms with Crippen LogP contribution in [0, 0.1) is 0 Å². The SMILES string of the molecule is CCn1cc(C(=O)N2C3CCC2COC3)c(=O)c2cc(Cl)ncc21.CCn1cc(C(=O)N2C3CCC2COC3)c(=O)c2cc(OC3Cc4ccccc4C3)ncc21.OC1Cc2ccccc2C1.S. The molecule has 4 unspecified atom stereocenters. The molecule has 68 heavy (non-hydrogen) atoms. The van der Waals surface area contributed by atoms with E-state index in [0.717, 1.165) is 51.4 Å². The Hall–Kier alpha value is -5.58. The highest BCUT2D eigenvalue weighted by Crippen LogP contribution is 2.32. The van der Waals surface area contributed by atoms with Gasteiger partial charge in [-0.3, -0.25) is 19.2 Å². The summed E-state index contributed by atoms with van der Waals surface area (Å²) in [5.74, 6) is 0.0364. The van der Waals surface area contributed by atoms with E-state index in [9.17, 15) is 24.3 Å². The maximum atomic E-state index is 13.5. The molecule has 16 heteroatoms. The average molecular weight is 962 g/mol. The van der Waals surface area contributed by atoms with Crippen LogP contribution in [-0.2, 0) is 48.2 Å². The Kier molecular flexibility index (Phi) is 14.1. The Balaban J connectivity index is 0.000000144. The number of aryl methyl sites for hydroxylation is 2. The Morgan fingerprint density at radius 3 is 1.51 bits per heavy atom. The van der Waals surface area contributed by atoms with E-state index in [1.54, 1.807) is 30.9 Å². The summed E-state index contributed by atoms with van der Waals surface area (Å²) in [4.78, 5) is 65.2. The van der Waals surface area contributed by atoms with Crippen LogP contribution in [0.25, 0.3) is 21.8 Å². The van der Waals surface area contributed by atoms with Crippen LogP contribution in [0.1, 0.15) is 82.5 Å². The van der Waals surface area contributed by atoms with Crippen molar-refractivity contribution in [2.24, 2.45) is 0 Å². The lowest BCUT2D eigenvalue weighted by Crippen LogP contribution is -2.50. The third-order valence-electron chi connectivity index (χ3n) is 14.3. The third-order valence-corrected chi connectivity index (χ3v) is 14.5. The molecule has 4 aliphatic heterocycles. The topological polar surface area (TPSA) is 158 Å². The standard InChI is InChI=1S/C26H27N3O4.C17H18ClN3O3.C9H10O.H2S/c1-2-28-13-22(26(31)29-18-7-8-19(29)15-32-14-18)25(30)21-11-24(27-12-23(21)28)33-20-9-16-5-3-4-6-17(16)10-20;1-2-20-7-13(16(22)12-5-15(18)19-6-14(12)20)17(23)21-10-3-4-11(21)9-24-8-10;10-9-5-7-3-1-2-4-8(7)6-9;/h3-6,11-13,18-20H,2,7-10,14-15H2,1H3;5-7,10-11H,2-4,8-9H2,1H3;1-4,9-10H,5-6H2;1H2. The average Bonchev–Trinajstić information content (AvgIpc) is 4.07. The zero-order valence-corrected chi connectivity index (χ0v) is 40.1. The van der Waals surface area contributed by atoms with Gasteiger partial charge in [0.05, 0.1) is 90.9 Å². The van der Waals surface area contributed by atoms with E-state index in [2.05, 4.69) is 34.2 Å². The quantitative estimate of drug-likeness (QED) is 0.188. The molecule has 4 bridgehead atoms. The van der Waals surface area contributed by atoms with Crippen LogP contribution in [0.3, 0.4) is 0 Å². The predicted molar refractivity (Wildman–Crippen MR) is 264 cm³/mol. The van der Waals surface area contributed by atoms with Gasteiger partial charge in [0.2, 0.25) is 16.7 Å². The molecule has 6 aromatic rings. The van der Waals surface area contributed by atoms with Gasteiger partial charge in [0.1, 0.15) is 22.4 Å². The van der Waals surface area contributed by atoms with Crippen molar-refractivity contribution in [3.05, 3.63) is 144 Å². The maximum Gasteiger partial charge on any atom is 0.260 e. The van der Waals surface area contributed by atoms with Gasteiger partial charge >= 0.3 is 0 Å². The van der Waals surface area contributed by atoms with Gasteiger partial charge in [0.15, 0.2) is 0 Å². The molecule has 2 amide bonds. The van der Waals surface area contributed by atoms with Gasteiger partial charge in [-0.1, -0.05) is 60.1 Å². The van der Waals surface area contributed by atoms with Crippen LogP contribution >= 0.6 is 25.1 Å². The fourth-order valence-electron chi connectivity index (χ4n) is 10.9. The molecule has 0 saturated carbocycles. The summed E-state index contributed by atoms with van der Waals surface area (Å²) in [5.41, 5.74) is 6.50. The first-order valence-electron chi connectivity index (χ1n) is 23.6. The van der Waals surface area contributed by atoms with E-state index in [0.29, 0.717) is 67.2 Å². The lowest BCUT2D eigenvalue weighted by molar-refractivity contribution is -0.00739. The highest BCUT2D eigenvalue weighted by molar-refractivity contribution is 7.59. The Morgan fingerprint density at radius 2 is 1.07 bits per heavy atom. The number of hydrogen-bond donors (Lipinski definition) is 1. The van der Waals surface area contributed by atoms with Crippen molar-refractivity contribution in [3.8, 4) is 5.88 Å². The lowest BCUT2D eigenvalue weighted by Gasteiger charge is -2.34. The van der Waals surface area contributed by atoms with Crippen molar-refractivity contribution in [2.75, 3.05) is 26.4 Å². The Labute approximate surface area is 406 Å². The van der Waals surface area contributed by atoms with E-state index in [1.165, 1.54) is 28.3 Å². The smallest absolute Gasteiger partial charge is 0.260 e. The Bertz CT molecular complexity index is 2920. The number of nitrogens with zero attached hydrogens (tertiary/aromatic N) is 6. The van der Waals surface area contributed by atoms with E-state index in [-0.39, 0.29) is 88.8 Å². The number of halogens is 1. The molecule has 356 valence electrons. The van der Waals surface area contributed by atoms with E-state index in [4.69, 9.17) is 25.8 Å². The number of aliphatic hydroxyl groups excluding tert-OH is 1. The molecular weight excluding hydrogens is 904 g/mol. The second-order valence-electron chi connectivity index (χ2n) is 18.4. The van der Waals surface area contributed by atoms with Crippen LogP contribution < -0.4 is 15.6 Å². The first-order chi connectivity index (χ1) is 32.6. The molecule has 4 saturated heterocycles. The van der Waals surface area contributed by atoms with Crippen molar-refractivity contribution >= 4 is 58.7 Å². The van der Waals surface area contributed by atoms with Gasteiger partial charge in [-0.05, 0) is 80.7 Å². The Morgan fingerprint density at radius 1 is 0.662 bits per heavy atom.